The molecule has 17 heavy (non-hydrogen) atoms. The minimum absolute atomic E-state index is 0.289. The van der Waals surface area contributed by atoms with Crippen LogP contribution >= 0.6 is 0 Å². The molecule has 0 bridgehead atoms. The van der Waals surface area contributed by atoms with Crippen molar-refractivity contribution in [1.29, 1.82) is 0 Å². The minimum atomic E-state index is 0.289. The summed E-state index contributed by atoms with van der Waals surface area (Å²) in [6.07, 6.45) is 5.82. The zero-order valence-corrected chi connectivity index (χ0v) is 10.5. The Balaban J connectivity index is 1.97. The van der Waals surface area contributed by atoms with Crippen molar-refractivity contribution in [3.63, 3.8) is 0 Å². The molecule has 0 saturated carbocycles. The second-order valence-corrected chi connectivity index (χ2v) is 4.73. The molecular weight excluding hydrogens is 212 g/mol. The average Bonchev–Trinajstić information content (AvgIpc) is 2.40. The van der Waals surface area contributed by atoms with Crippen molar-refractivity contribution in [3.05, 3.63) is 18.3 Å². The predicted octanol–water partition coefficient (Wildman–Crippen LogP) is 1.83. The SMILES string of the molecule is CC(CN)Nc1ccc(N2CCCCC2)nc1. The third kappa shape index (κ3) is 3.33. The second-order valence-electron chi connectivity index (χ2n) is 4.73. The smallest absolute Gasteiger partial charge is 0.128 e. The topological polar surface area (TPSA) is 54.2 Å². The highest BCUT2D eigenvalue weighted by atomic mass is 15.2. The second kappa shape index (κ2) is 5.87. The van der Waals surface area contributed by atoms with Crippen molar-refractivity contribution < 1.29 is 0 Å². The molecule has 4 nitrogen and oxygen atoms in total. The summed E-state index contributed by atoms with van der Waals surface area (Å²) < 4.78 is 0. The zero-order valence-electron chi connectivity index (χ0n) is 10.5. The quantitative estimate of drug-likeness (QED) is 0.834. The summed E-state index contributed by atoms with van der Waals surface area (Å²) in [5, 5.41) is 3.32. The van der Waals surface area contributed by atoms with E-state index in [1.165, 1.54) is 19.3 Å². The number of nitrogens with two attached hydrogens (primary N) is 1. The van der Waals surface area contributed by atoms with Crippen molar-refractivity contribution in [1.82, 2.24) is 4.98 Å². The molecule has 0 amide bonds. The lowest BCUT2D eigenvalue weighted by Gasteiger charge is -2.27. The van der Waals surface area contributed by atoms with Crippen molar-refractivity contribution in [2.45, 2.75) is 32.2 Å². The number of piperidine rings is 1. The number of nitrogens with zero attached hydrogens (tertiary/aromatic N) is 2. The maximum Gasteiger partial charge on any atom is 0.128 e. The van der Waals surface area contributed by atoms with E-state index in [0.717, 1.165) is 24.6 Å². The number of aromatic nitrogens is 1. The van der Waals surface area contributed by atoms with Gasteiger partial charge in [-0.25, -0.2) is 4.98 Å². The normalized spacial score (nSPS) is 17.9. The summed E-state index contributed by atoms with van der Waals surface area (Å²) in [4.78, 5) is 6.87. The Morgan fingerprint density at radius 3 is 2.71 bits per heavy atom. The molecule has 2 rings (SSSR count). The van der Waals surface area contributed by atoms with Gasteiger partial charge in [0.1, 0.15) is 5.82 Å². The fraction of sp³-hybridized carbons (Fsp3) is 0.615. The highest BCUT2D eigenvalue weighted by molar-refractivity contribution is 5.49. The summed E-state index contributed by atoms with van der Waals surface area (Å²) >= 11 is 0. The van der Waals surface area contributed by atoms with Crippen LogP contribution in [-0.4, -0.2) is 30.7 Å². The molecule has 1 aromatic rings. The number of anilines is 2. The Labute approximate surface area is 103 Å². The molecule has 3 N–H and O–H groups in total. The molecule has 2 heterocycles. The van der Waals surface area contributed by atoms with E-state index in [9.17, 15) is 0 Å². The molecule has 1 aliphatic heterocycles. The maximum absolute atomic E-state index is 5.58. The van der Waals surface area contributed by atoms with Crippen LogP contribution in [0.4, 0.5) is 11.5 Å². The van der Waals surface area contributed by atoms with Gasteiger partial charge in [0, 0.05) is 25.7 Å². The molecule has 0 aromatic carbocycles. The summed E-state index contributed by atoms with van der Waals surface area (Å²) in [6.45, 7) is 4.98. The Morgan fingerprint density at radius 1 is 1.35 bits per heavy atom. The first-order chi connectivity index (χ1) is 8.29. The van der Waals surface area contributed by atoms with Crippen molar-refractivity contribution in [2.24, 2.45) is 5.73 Å². The summed E-state index contributed by atoms with van der Waals surface area (Å²) in [7, 11) is 0. The van der Waals surface area contributed by atoms with Gasteiger partial charge in [0.25, 0.3) is 0 Å². The van der Waals surface area contributed by atoms with E-state index in [-0.39, 0.29) is 6.04 Å². The Hall–Kier alpha value is -1.29. The van der Waals surface area contributed by atoms with Crippen LogP contribution in [0.15, 0.2) is 18.3 Å². The molecule has 1 atom stereocenters. The van der Waals surface area contributed by atoms with Crippen LogP contribution in [0.5, 0.6) is 0 Å². The fourth-order valence-electron chi connectivity index (χ4n) is 2.12. The van der Waals surface area contributed by atoms with Crippen LogP contribution in [0, 0.1) is 0 Å². The lowest BCUT2D eigenvalue weighted by Crippen LogP contribution is -2.30. The first-order valence-electron chi connectivity index (χ1n) is 6.47. The third-order valence-electron chi connectivity index (χ3n) is 3.19. The van der Waals surface area contributed by atoms with Gasteiger partial charge in [-0.05, 0) is 38.3 Å². The fourth-order valence-corrected chi connectivity index (χ4v) is 2.12. The minimum Gasteiger partial charge on any atom is -0.380 e. The molecule has 0 aliphatic carbocycles. The first kappa shape index (κ1) is 12.2. The van der Waals surface area contributed by atoms with Gasteiger partial charge in [-0.15, -0.1) is 0 Å². The van der Waals surface area contributed by atoms with Gasteiger partial charge in [0.15, 0.2) is 0 Å². The molecular formula is C13H22N4. The van der Waals surface area contributed by atoms with Crippen molar-refractivity contribution in [2.75, 3.05) is 29.9 Å². The van der Waals surface area contributed by atoms with E-state index in [1.54, 1.807) is 0 Å². The molecule has 1 fully saturated rings. The van der Waals surface area contributed by atoms with E-state index in [0.29, 0.717) is 6.54 Å². The van der Waals surface area contributed by atoms with Gasteiger partial charge in [-0.1, -0.05) is 0 Å². The van der Waals surface area contributed by atoms with Gasteiger partial charge < -0.3 is 16.0 Å². The van der Waals surface area contributed by atoms with Crippen molar-refractivity contribution >= 4 is 11.5 Å². The van der Waals surface area contributed by atoms with Crippen LogP contribution < -0.4 is 16.0 Å². The molecule has 0 radical (unpaired) electrons. The lowest BCUT2D eigenvalue weighted by molar-refractivity contribution is 0.573. The number of nitrogens with one attached hydrogen (secondary N) is 1. The highest BCUT2D eigenvalue weighted by Crippen LogP contribution is 2.19. The van der Waals surface area contributed by atoms with Crippen LogP contribution in [0.1, 0.15) is 26.2 Å². The number of hydrogen-bond acceptors (Lipinski definition) is 4. The van der Waals surface area contributed by atoms with E-state index < -0.39 is 0 Å². The highest BCUT2D eigenvalue weighted by Gasteiger charge is 2.11. The van der Waals surface area contributed by atoms with Crippen LogP contribution in [0.25, 0.3) is 0 Å². The number of pyridine rings is 1. The van der Waals surface area contributed by atoms with Gasteiger partial charge in [-0.3, -0.25) is 0 Å². The molecule has 1 saturated heterocycles. The lowest BCUT2D eigenvalue weighted by atomic mass is 10.1. The molecule has 94 valence electrons. The van der Waals surface area contributed by atoms with Gasteiger partial charge in [0.05, 0.1) is 11.9 Å². The Bertz CT molecular complexity index is 330. The molecule has 1 aromatic heterocycles. The number of hydrogen-bond donors (Lipinski definition) is 2. The molecule has 0 spiro atoms. The zero-order chi connectivity index (χ0) is 12.1. The molecule has 1 aliphatic rings. The third-order valence-corrected chi connectivity index (χ3v) is 3.19. The summed E-state index contributed by atoms with van der Waals surface area (Å²) in [5.74, 6) is 1.09. The van der Waals surface area contributed by atoms with Gasteiger partial charge >= 0.3 is 0 Å². The summed E-state index contributed by atoms with van der Waals surface area (Å²) in [5.41, 5.74) is 6.62. The van der Waals surface area contributed by atoms with E-state index in [1.807, 2.05) is 6.20 Å². The first-order valence-corrected chi connectivity index (χ1v) is 6.47. The van der Waals surface area contributed by atoms with Crippen molar-refractivity contribution in [3.8, 4) is 0 Å². The predicted molar refractivity (Wildman–Crippen MR) is 72.4 cm³/mol. The largest absolute Gasteiger partial charge is 0.380 e. The van der Waals surface area contributed by atoms with Crippen LogP contribution in [0.2, 0.25) is 0 Å². The monoisotopic (exact) mass is 234 g/mol. The number of rotatable bonds is 4. The van der Waals surface area contributed by atoms with E-state index in [4.69, 9.17) is 5.73 Å². The van der Waals surface area contributed by atoms with E-state index >= 15 is 0 Å². The van der Waals surface area contributed by atoms with Crippen LogP contribution in [0.3, 0.4) is 0 Å². The Kier molecular flexibility index (Phi) is 4.20. The Morgan fingerprint density at radius 2 is 2.12 bits per heavy atom. The standard InChI is InChI=1S/C13H22N4/c1-11(9-14)16-12-5-6-13(15-10-12)17-7-3-2-4-8-17/h5-6,10-11,16H,2-4,7-9,14H2,1H3. The maximum atomic E-state index is 5.58. The van der Waals surface area contributed by atoms with Gasteiger partial charge in [0.2, 0.25) is 0 Å². The van der Waals surface area contributed by atoms with Crippen LogP contribution in [-0.2, 0) is 0 Å². The van der Waals surface area contributed by atoms with E-state index in [2.05, 4.69) is 34.3 Å². The molecule has 4 heteroatoms. The average molecular weight is 234 g/mol. The molecule has 1 unspecified atom stereocenters. The summed E-state index contributed by atoms with van der Waals surface area (Å²) in [6, 6.07) is 4.47. The van der Waals surface area contributed by atoms with Gasteiger partial charge in [-0.2, -0.15) is 0 Å².